The number of methoxy groups -OCH3 is 2. The smallest absolute Gasteiger partial charge is 0.342 e. The Morgan fingerprint density at radius 2 is 1.48 bits per heavy atom. The van der Waals surface area contributed by atoms with Gasteiger partial charge in [0.25, 0.3) is 0 Å². The van der Waals surface area contributed by atoms with Crippen molar-refractivity contribution >= 4 is 23.4 Å². The molecular formula is C20H17F2N3O4. The molecule has 3 aromatic rings. The van der Waals surface area contributed by atoms with Crippen molar-refractivity contribution in [3.8, 4) is 0 Å². The van der Waals surface area contributed by atoms with E-state index in [1.807, 2.05) is 0 Å². The summed E-state index contributed by atoms with van der Waals surface area (Å²) in [7, 11) is 2.48. The lowest BCUT2D eigenvalue weighted by Crippen LogP contribution is -2.07. The van der Waals surface area contributed by atoms with E-state index in [0.717, 1.165) is 0 Å². The van der Waals surface area contributed by atoms with Crippen LogP contribution in [0.3, 0.4) is 0 Å². The molecule has 0 aliphatic rings. The molecule has 29 heavy (non-hydrogen) atoms. The predicted molar refractivity (Wildman–Crippen MR) is 101 cm³/mol. The van der Waals surface area contributed by atoms with Crippen molar-refractivity contribution in [1.82, 2.24) is 9.97 Å². The van der Waals surface area contributed by atoms with E-state index in [4.69, 9.17) is 0 Å². The molecule has 150 valence electrons. The Labute approximate surface area is 165 Å². The van der Waals surface area contributed by atoms with Gasteiger partial charge < -0.3 is 14.8 Å². The highest BCUT2D eigenvalue weighted by Gasteiger charge is 2.12. The minimum Gasteiger partial charge on any atom is -0.465 e. The molecule has 7 nitrogen and oxygen atoms in total. The predicted octanol–water partition coefficient (Wildman–Crippen LogP) is 3.76. The highest BCUT2D eigenvalue weighted by atomic mass is 19.1. The summed E-state index contributed by atoms with van der Waals surface area (Å²) in [5.41, 5.74) is 0.665. The Morgan fingerprint density at radius 1 is 0.862 bits per heavy atom. The zero-order valence-electron chi connectivity index (χ0n) is 15.6. The molecule has 0 amide bonds. The number of hydrogen-bond donors (Lipinski definition) is 1. The van der Waals surface area contributed by atoms with Crippen LogP contribution in [0.5, 0.6) is 0 Å². The molecule has 1 aromatic carbocycles. The largest absolute Gasteiger partial charge is 0.465 e. The van der Waals surface area contributed by atoms with Crippen molar-refractivity contribution in [3.05, 3.63) is 83.8 Å². The Morgan fingerprint density at radius 3 is 2.10 bits per heavy atom. The quantitative estimate of drug-likeness (QED) is 0.526. The highest BCUT2D eigenvalue weighted by Crippen LogP contribution is 2.19. The summed E-state index contributed by atoms with van der Waals surface area (Å²) in [6, 6.07) is 11.9. The van der Waals surface area contributed by atoms with E-state index in [2.05, 4.69) is 24.8 Å². The summed E-state index contributed by atoms with van der Waals surface area (Å²) in [5.74, 6) is -2.05. The van der Waals surface area contributed by atoms with Crippen LogP contribution >= 0.6 is 0 Å². The van der Waals surface area contributed by atoms with E-state index in [1.54, 1.807) is 24.3 Å². The number of carbonyl (C=O) groups is 2. The van der Waals surface area contributed by atoms with Gasteiger partial charge in [-0.05, 0) is 42.5 Å². The number of aromatic nitrogens is 2. The van der Waals surface area contributed by atoms with Gasteiger partial charge in [0.2, 0.25) is 5.95 Å². The molecule has 0 fully saturated rings. The van der Waals surface area contributed by atoms with E-state index in [1.165, 1.54) is 50.9 Å². The molecule has 0 aliphatic heterocycles. The lowest BCUT2D eigenvalue weighted by Gasteiger charge is -2.09. The maximum atomic E-state index is 13.0. The van der Waals surface area contributed by atoms with Gasteiger partial charge in [-0.1, -0.05) is 6.07 Å². The highest BCUT2D eigenvalue weighted by molar-refractivity contribution is 5.95. The van der Waals surface area contributed by atoms with Crippen molar-refractivity contribution in [2.45, 2.75) is 0 Å². The lowest BCUT2D eigenvalue weighted by molar-refractivity contribution is 0.0588. The molecular weight excluding hydrogens is 384 g/mol. The SMILES string of the molecule is COC(=O)c1cccnc1F.COC(=O)c1cccnc1Nc1cccc(F)c1. The first-order valence-corrected chi connectivity index (χ1v) is 8.21. The third-order valence-electron chi connectivity index (χ3n) is 3.46. The molecule has 1 N–H and O–H groups in total. The van der Waals surface area contributed by atoms with Gasteiger partial charge in [-0.3, -0.25) is 0 Å². The zero-order valence-corrected chi connectivity index (χ0v) is 15.6. The average Bonchev–Trinajstić information content (AvgIpc) is 2.74. The topological polar surface area (TPSA) is 90.4 Å². The fraction of sp³-hybridized carbons (Fsp3) is 0.100. The van der Waals surface area contributed by atoms with Crippen LogP contribution in [-0.4, -0.2) is 36.1 Å². The molecule has 0 bridgehead atoms. The maximum absolute atomic E-state index is 13.0. The van der Waals surface area contributed by atoms with Gasteiger partial charge in [0.05, 0.1) is 14.2 Å². The fourth-order valence-electron chi connectivity index (χ4n) is 2.13. The Bertz CT molecular complexity index is 999. The van der Waals surface area contributed by atoms with E-state index in [0.29, 0.717) is 17.1 Å². The van der Waals surface area contributed by atoms with Gasteiger partial charge in [-0.2, -0.15) is 4.39 Å². The van der Waals surface area contributed by atoms with Gasteiger partial charge in [0.1, 0.15) is 22.8 Å². The minimum absolute atomic E-state index is 0.144. The van der Waals surface area contributed by atoms with Crippen LogP contribution in [0.2, 0.25) is 0 Å². The first-order chi connectivity index (χ1) is 14.0. The van der Waals surface area contributed by atoms with Gasteiger partial charge in [-0.25, -0.2) is 23.9 Å². The van der Waals surface area contributed by atoms with Crippen LogP contribution in [0, 0.1) is 11.8 Å². The molecule has 0 saturated carbocycles. The second-order valence-electron chi connectivity index (χ2n) is 5.36. The molecule has 0 aliphatic carbocycles. The molecule has 3 rings (SSSR count). The first kappa shape index (κ1) is 21.4. The van der Waals surface area contributed by atoms with Crippen LogP contribution in [0.25, 0.3) is 0 Å². The van der Waals surface area contributed by atoms with E-state index >= 15 is 0 Å². The summed E-state index contributed by atoms with van der Waals surface area (Å²) in [4.78, 5) is 29.6. The van der Waals surface area contributed by atoms with Gasteiger partial charge >= 0.3 is 11.9 Å². The number of nitrogens with zero attached hydrogens (tertiary/aromatic N) is 2. The molecule has 2 aromatic heterocycles. The molecule has 9 heteroatoms. The second-order valence-corrected chi connectivity index (χ2v) is 5.36. The Balaban J connectivity index is 0.000000234. The number of benzene rings is 1. The van der Waals surface area contributed by atoms with E-state index in [9.17, 15) is 18.4 Å². The summed E-state index contributed by atoms with van der Waals surface area (Å²) in [6.07, 6.45) is 2.80. The van der Waals surface area contributed by atoms with Crippen molar-refractivity contribution in [1.29, 1.82) is 0 Å². The molecule has 0 radical (unpaired) electrons. The number of pyridine rings is 2. The summed E-state index contributed by atoms with van der Waals surface area (Å²) in [6.45, 7) is 0. The summed E-state index contributed by atoms with van der Waals surface area (Å²) >= 11 is 0. The normalized spacial score (nSPS) is 9.66. The first-order valence-electron chi connectivity index (χ1n) is 8.21. The Kier molecular flexibility index (Phi) is 7.72. The van der Waals surface area contributed by atoms with E-state index < -0.39 is 17.9 Å². The number of nitrogens with one attached hydrogen (secondary N) is 1. The van der Waals surface area contributed by atoms with Gasteiger partial charge in [0, 0.05) is 18.1 Å². The fourth-order valence-corrected chi connectivity index (χ4v) is 2.13. The number of esters is 2. The third-order valence-corrected chi connectivity index (χ3v) is 3.46. The average molecular weight is 401 g/mol. The number of ether oxygens (including phenoxy) is 2. The molecule has 2 heterocycles. The maximum Gasteiger partial charge on any atom is 0.342 e. The zero-order chi connectivity index (χ0) is 21.2. The summed E-state index contributed by atoms with van der Waals surface area (Å²) < 4.78 is 34.6. The van der Waals surface area contributed by atoms with Crippen LogP contribution in [0.15, 0.2) is 60.9 Å². The van der Waals surface area contributed by atoms with Crippen molar-refractivity contribution in [2.24, 2.45) is 0 Å². The molecule has 0 spiro atoms. The van der Waals surface area contributed by atoms with Crippen molar-refractivity contribution < 1.29 is 27.8 Å². The minimum atomic E-state index is -0.806. The van der Waals surface area contributed by atoms with E-state index in [-0.39, 0.29) is 11.4 Å². The number of rotatable bonds is 4. The van der Waals surface area contributed by atoms with Crippen LogP contribution in [-0.2, 0) is 9.47 Å². The molecule has 0 atom stereocenters. The standard InChI is InChI=1S/C13H11FN2O2.C7H6FNO2/c1-18-13(17)11-6-3-7-15-12(11)16-10-5-2-4-9(14)8-10;1-11-7(10)5-3-2-4-9-6(5)8/h2-8H,1H3,(H,15,16);2-4H,1H3. The van der Waals surface area contributed by atoms with Crippen LogP contribution in [0.4, 0.5) is 20.3 Å². The Hall–Kier alpha value is -3.88. The number of anilines is 2. The number of halogens is 2. The van der Waals surface area contributed by atoms with Crippen LogP contribution in [0.1, 0.15) is 20.7 Å². The van der Waals surface area contributed by atoms with Crippen molar-refractivity contribution in [2.75, 3.05) is 19.5 Å². The van der Waals surface area contributed by atoms with Crippen LogP contribution < -0.4 is 5.32 Å². The van der Waals surface area contributed by atoms with Gasteiger partial charge in [0.15, 0.2) is 0 Å². The molecule has 0 unspecified atom stereocenters. The monoisotopic (exact) mass is 401 g/mol. The third kappa shape index (κ3) is 6.06. The van der Waals surface area contributed by atoms with Gasteiger partial charge in [-0.15, -0.1) is 0 Å². The number of carbonyl (C=O) groups excluding carboxylic acids is 2. The number of hydrogen-bond acceptors (Lipinski definition) is 7. The lowest BCUT2D eigenvalue weighted by atomic mass is 10.2. The van der Waals surface area contributed by atoms with Crippen molar-refractivity contribution in [3.63, 3.8) is 0 Å². The summed E-state index contributed by atoms with van der Waals surface area (Å²) in [5, 5.41) is 2.88. The second kappa shape index (κ2) is 10.5. The molecule has 0 saturated heterocycles.